The van der Waals surface area contributed by atoms with Crippen LogP contribution in [0.2, 0.25) is 0 Å². The number of carbonyl (C=O) groups is 2. The van der Waals surface area contributed by atoms with E-state index in [0.29, 0.717) is 16.8 Å². The molecule has 4 nitrogen and oxygen atoms in total. The minimum Gasteiger partial charge on any atom is -0.381 e. The highest BCUT2D eigenvalue weighted by atomic mass is 19.1. The topological polar surface area (TPSA) is 72.2 Å². The summed E-state index contributed by atoms with van der Waals surface area (Å²) in [6.45, 7) is 1.57. The number of nitrogens with two attached hydrogens (primary N) is 1. The van der Waals surface area contributed by atoms with Crippen LogP contribution in [0.3, 0.4) is 0 Å². The van der Waals surface area contributed by atoms with Gasteiger partial charge in [-0.1, -0.05) is 0 Å². The van der Waals surface area contributed by atoms with Crippen molar-refractivity contribution in [3.8, 4) is 0 Å². The van der Waals surface area contributed by atoms with E-state index >= 15 is 0 Å². The van der Waals surface area contributed by atoms with Gasteiger partial charge in [-0.15, -0.1) is 0 Å². The SMILES string of the molecule is Cc1c(F)ccc2c1C(=O)CC(CC(N)=O)N2. The maximum atomic E-state index is 13.3. The number of amides is 1. The lowest BCUT2D eigenvalue weighted by molar-refractivity contribution is -0.118. The summed E-state index contributed by atoms with van der Waals surface area (Å²) in [5, 5.41) is 3.04. The van der Waals surface area contributed by atoms with Crippen LogP contribution in [0.5, 0.6) is 0 Å². The fourth-order valence-corrected chi connectivity index (χ4v) is 2.13. The predicted octanol–water partition coefficient (Wildman–Crippen LogP) is 1.38. The number of benzene rings is 1. The van der Waals surface area contributed by atoms with Crippen LogP contribution in [-0.2, 0) is 4.79 Å². The highest BCUT2D eigenvalue weighted by Gasteiger charge is 2.27. The summed E-state index contributed by atoms with van der Waals surface area (Å²) >= 11 is 0. The molecule has 90 valence electrons. The number of primary amides is 1. The Morgan fingerprint density at radius 2 is 2.29 bits per heavy atom. The van der Waals surface area contributed by atoms with Crippen LogP contribution in [-0.4, -0.2) is 17.7 Å². The number of carbonyl (C=O) groups excluding carboxylic acids is 2. The third-order valence-corrected chi connectivity index (χ3v) is 2.92. The first-order valence-corrected chi connectivity index (χ1v) is 5.36. The van der Waals surface area contributed by atoms with Crippen molar-refractivity contribution in [1.82, 2.24) is 0 Å². The summed E-state index contributed by atoms with van der Waals surface area (Å²) in [7, 11) is 0. The van der Waals surface area contributed by atoms with Gasteiger partial charge in [0.2, 0.25) is 5.91 Å². The van der Waals surface area contributed by atoms with Gasteiger partial charge in [0.1, 0.15) is 5.82 Å². The van der Waals surface area contributed by atoms with Gasteiger partial charge in [0, 0.05) is 30.1 Å². The van der Waals surface area contributed by atoms with Crippen molar-refractivity contribution < 1.29 is 14.0 Å². The molecular formula is C12H13FN2O2. The van der Waals surface area contributed by atoms with Gasteiger partial charge < -0.3 is 11.1 Å². The molecule has 0 saturated heterocycles. The maximum Gasteiger partial charge on any atom is 0.219 e. The lowest BCUT2D eigenvalue weighted by atomic mass is 9.91. The average molecular weight is 236 g/mol. The molecule has 0 spiro atoms. The van der Waals surface area contributed by atoms with Crippen LogP contribution in [0.1, 0.15) is 28.8 Å². The Morgan fingerprint density at radius 3 is 2.94 bits per heavy atom. The molecule has 1 aliphatic rings. The summed E-state index contributed by atoms with van der Waals surface area (Å²) in [5.74, 6) is -1.01. The zero-order valence-electron chi connectivity index (χ0n) is 9.42. The van der Waals surface area contributed by atoms with Crippen LogP contribution in [0.25, 0.3) is 0 Å². The molecule has 0 aromatic heterocycles. The molecule has 0 radical (unpaired) electrons. The molecule has 1 heterocycles. The Bertz CT molecular complexity index is 500. The van der Waals surface area contributed by atoms with Crippen LogP contribution < -0.4 is 11.1 Å². The van der Waals surface area contributed by atoms with Gasteiger partial charge in [-0.2, -0.15) is 0 Å². The number of halogens is 1. The summed E-state index contributed by atoms with van der Waals surface area (Å²) in [6, 6.07) is 2.53. The molecule has 1 aromatic carbocycles. The second kappa shape index (κ2) is 4.16. The van der Waals surface area contributed by atoms with Gasteiger partial charge >= 0.3 is 0 Å². The van der Waals surface area contributed by atoms with Gasteiger partial charge in [0.05, 0.1) is 0 Å². The third kappa shape index (κ3) is 2.13. The Labute approximate surface area is 98.0 Å². The van der Waals surface area contributed by atoms with E-state index in [-0.39, 0.29) is 24.7 Å². The van der Waals surface area contributed by atoms with Crippen LogP contribution >= 0.6 is 0 Å². The molecular weight excluding hydrogens is 223 g/mol. The van der Waals surface area contributed by atoms with Crippen molar-refractivity contribution >= 4 is 17.4 Å². The van der Waals surface area contributed by atoms with Gasteiger partial charge in [-0.25, -0.2) is 4.39 Å². The largest absolute Gasteiger partial charge is 0.381 e. The molecule has 1 atom stereocenters. The standard InChI is InChI=1S/C12H13FN2O2/c1-6-8(13)2-3-9-12(6)10(16)4-7(15-9)5-11(14)17/h2-3,7,15H,4-5H2,1H3,(H2,14,17). The number of nitrogens with one attached hydrogen (secondary N) is 1. The second-order valence-electron chi connectivity index (χ2n) is 4.23. The van der Waals surface area contributed by atoms with E-state index in [0.717, 1.165) is 0 Å². The number of hydrogen-bond acceptors (Lipinski definition) is 3. The van der Waals surface area contributed by atoms with Crippen molar-refractivity contribution in [3.63, 3.8) is 0 Å². The zero-order chi connectivity index (χ0) is 12.6. The molecule has 1 aromatic rings. The van der Waals surface area contributed by atoms with E-state index in [1.807, 2.05) is 0 Å². The molecule has 0 saturated carbocycles. The van der Waals surface area contributed by atoms with Crippen molar-refractivity contribution in [1.29, 1.82) is 0 Å². The number of Topliss-reactive ketones (excluding diaryl/α,β-unsaturated/α-hetero) is 1. The van der Waals surface area contributed by atoms with E-state index in [1.54, 1.807) is 6.92 Å². The predicted molar refractivity (Wildman–Crippen MR) is 61.3 cm³/mol. The van der Waals surface area contributed by atoms with E-state index < -0.39 is 11.7 Å². The Kier molecular flexibility index (Phi) is 2.83. The lowest BCUT2D eigenvalue weighted by Gasteiger charge is -2.26. The fraction of sp³-hybridized carbons (Fsp3) is 0.333. The first-order chi connectivity index (χ1) is 7.99. The van der Waals surface area contributed by atoms with E-state index in [2.05, 4.69) is 5.32 Å². The van der Waals surface area contributed by atoms with Crippen LogP contribution in [0.15, 0.2) is 12.1 Å². The number of anilines is 1. The smallest absolute Gasteiger partial charge is 0.219 e. The molecule has 1 amide bonds. The summed E-state index contributed by atoms with van der Waals surface area (Å²) in [5.41, 5.74) is 6.39. The third-order valence-electron chi connectivity index (χ3n) is 2.92. The minimum atomic E-state index is -0.461. The van der Waals surface area contributed by atoms with Gasteiger partial charge in [0.15, 0.2) is 5.78 Å². The van der Waals surface area contributed by atoms with Crippen molar-refractivity contribution in [2.75, 3.05) is 5.32 Å². The number of hydrogen-bond donors (Lipinski definition) is 2. The van der Waals surface area contributed by atoms with Crippen molar-refractivity contribution in [2.24, 2.45) is 5.73 Å². The molecule has 1 unspecified atom stereocenters. The molecule has 5 heteroatoms. The normalized spacial score (nSPS) is 18.5. The quantitative estimate of drug-likeness (QED) is 0.814. The molecule has 0 bridgehead atoms. The molecule has 0 fully saturated rings. The van der Waals surface area contributed by atoms with E-state index in [9.17, 15) is 14.0 Å². The molecule has 3 N–H and O–H groups in total. The Morgan fingerprint density at radius 1 is 1.59 bits per heavy atom. The van der Waals surface area contributed by atoms with Crippen molar-refractivity contribution in [2.45, 2.75) is 25.8 Å². The number of fused-ring (bicyclic) bond motifs is 1. The highest BCUT2D eigenvalue weighted by Crippen LogP contribution is 2.29. The van der Waals surface area contributed by atoms with E-state index in [1.165, 1.54) is 12.1 Å². The van der Waals surface area contributed by atoms with Gasteiger partial charge in [-0.3, -0.25) is 9.59 Å². The first-order valence-electron chi connectivity index (χ1n) is 5.36. The summed E-state index contributed by atoms with van der Waals surface area (Å²) in [6.07, 6.45) is 0.266. The monoisotopic (exact) mass is 236 g/mol. The molecule has 2 rings (SSSR count). The molecule has 1 aliphatic heterocycles. The van der Waals surface area contributed by atoms with Gasteiger partial charge in [-0.05, 0) is 24.6 Å². The highest BCUT2D eigenvalue weighted by molar-refractivity contribution is 6.05. The second-order valence-corrected chi connectivity index (χ2v) is 4.23. The number of rotatable bonds is 2. The minimum absolute atomic E-state index is 0.0988. The maximum absolute atomic E-state index is 13.3. The summed E-state index contributed by atoms with van der Waals surface area (Å²) < 4.78 is 13.3. The number of ketones is 1. The van der Waals surface area contributed by atoms with E-state index in [4.69, 9.17) is 5.73 Å². The Hall–Kier alpha value is -1.91. The first kappa shape index (κ1) is 11.6. The summed E-state index contributed by atoms with van der Waals surface area (Å²) in [4.78, 5) is 22.7. The van der Waals surface area contributed by atoms with Crippen molar-refractivity contribution in [3.05, 3.63) is 29.1 Å². The zero-order valence-corrected chi connectivity index (χ0v) is 9.42. The average Bonchev–Trinajstić information content (AvgIpc) is 2.22. The lowest BCUT2D eigenvalue weighted by Crippen LogP contribution is -2.33. The Balaban J connectivity index is 2.35. The fourth-order valence-electron chi connectivity index (χ4n) is 2.13. The van der Waals surface area contributed by atoms with Crippen LogP contribution in [0.4, 0.5) is 10.1 Å². The molecule has 0 aliphatic carbocycles. The van der Waals surface area contributed by atoms with Gasteiger partial charge in [0.25, 0.3) is 0 Å². The molecule has 17 heavy (non-hydrogen) atoms. The van der Waals surface area contributed by atoms with Crippen LogP contribution in [0, 0.1) is 12.7 Å².